The summed E-state index contributed by atoms with van der Waals surface area (Å²) in [6.07, 6.45) is 0.572. The van der Waals surface area contributed by atoms with E-state index in [-0.39, 0.29) is 17.8 Å². The first-order chi connectivity index (χ1) is 21.7. The quantitative estimate of drug-likeness (QED) is 0.128. The van der Waals surface area contributed by atoms with E-state index >= 15 is 0 Å². The minimum absolute atomic E-state index is 0.0911. The third-order valence-electron chi connectivity index (χ3n) is 7.59. The van der Waals surface area contributed by atoms with Gasteiger partial charge in [-0.05, 0) is 85.0 Å². The van der Waals surface area contributed by atoms with E-state index in [1.807, 2.05) is 75.4 Å². The van der Waals surface area contributed by atoms with E-state index in [4.69, 9.17) is 23.8 Å². The van der Waals surface area contributed by atoms with Crippen LogP contribution in [0, 0.1) is 0 Å². The third-order valence-corrected chi connectivity index (χ3v) is 7.59. The monoisotopic (exact) mass is 613 g/mol. The van der Waals surface area contributed by atoms with Gasteiger partial charge in [0.05, 0.1) is 39.1 Å². The summed E-state index contributed by atoms with van der Waals surface area (Å²) in [6.45, 7) is 8.57. The first-order valence-electron chi connectivity index (χ1n) is 15.6. The van der Waals surface area contributed by atoms with Gasteiger partial charge in [-0.1, -0.05) is 60.7 Å². The Bertz CT molecular complexity index is 1520. The van der Waals surface area contributed by atoms with Gasteiger partial charge in [-0.15, -0.1) is 5.06 Å². The van der Waals surface area contributed by atoms with Crippen LogP contribution in [0.25, 0.3) is 10.8 Å². The van der Waals surface area contributed by atoms with Gasteiger partial charge in [0.25, 0.3) is 0 Å². The Morgan fingerprint density at radius 3 is 2.42 bits per heavy atom. The number of piperidine rings is 1. The maximum absolute atomic E-state index is 12.4. The number of ether oxygens (including phenoxy) is 4. The van der Waals surface area contributed by atoms with Gasteiger partial charge in [0.2, 0.25) is 0 Å². The number of fused-ring (bicyclic) bond motifs is 1. The minimum Gasteiger partial charge on any atom is -0.508 e. The molecule has 1 saturated heterocycles. The predicted molar refractivity (Wildman–Crippen MR) is 173 cm³/mol. The van der Waals surface area contributed by atoms with Crippen LogP contribution in [0.1, 0.15) is 56.2 Å². The highest BCUT2D eigenvalue weighted by Gasteiger charge is 2.34. The topological polar surface area (TPSA) is 86.7 Å². The number of hydrogen-bond acceptors (Lipinski definition) is 8. The Labute approximate surface area is 265 Å². The van der Waals surface area contributed by atoms with E-state index in [0.29, 0.717) is 39.5 Å². The van der Waals surface area contributed by atoms with Crippen LogP contribution < -0.4 is 4.74 Å². The minimum atomic E-state index is -0.721. The van der Waals surface area contributed by atoms with E-state index in [0.717, 1.165) is 46.1 Å². The molecule has 1 aliphatic rings. The number of benzene rings is 4. The van der Waals surface area contributed by atoms with E-state index in [2.05, 4.69) is 24.3 Å². The summed E-state index contributed by atoms with van der Waals surface area (Å²) in [5, 5.41) is 13.6. The van der Waals surface area contributed by atoms with Crippen LogP contribution in [0.4, 0.5) is 4.79 Å². The summed E-state index contributed by atoms with van der Waals surface area (Å²) in [7, 11) is 0. The van der Waals surface area contributed by atoms with Crippen molar-refractivity contribution in [1.82, 2.24) is 5.06 Å². The lowest BCUT2D eigenvalue weighted by molar-refractivity contribution is -0.179. The van der Waals surface area contributed by atoms with Gasteiger partial charge in [0.15, 0.2) is 0 Å². The molecule has 0 spiro atoms. The first-order valence-corrected chi connectivity index (χ1v) is 15.6. The molecular weight excluding hydrogens is 570 g/mol. The number of carbonyl (C=O) groups is 1. The average molecular weight is 614 g/mol. The Kier molecular flexibility index (Phi) is 10.9. The smallest absolute Gasteiger partial charge is 0.508 e. The van der Waals surface area contributed by atoms with E-state index in [1.54, 1.807) is 17.2 Å². The number of hydroxylamine groups is 2. The third kappa shape index (κ3) is 9.94. The first kappa shape index (κ1) is 32.3. The van der Waals surface area contributed by atoms with Gasteiger partial charge in [0, 0.05) is 18.9 Å². The molecule has 0 saturated carbocycles. The molecule has 45 heavy (non-hydrogen) atoms. The van der Waals surface area contributed by atoms with E-state index < -0.39 is 11.8 Å². The molecule has 8 heteroatoms. The van der Waals surface area contributed by atoms with Gasteiger partial charge in [0.1, 0.15) is 17.1 Å². The second-order valence-corrected chi connectivity index (χ2v) is 12.4. The molecule has 0 aliphatic carbocycles. The van der Waals surface area contributed by atoms with Crippen LogP contribution in [-0.4, -0.2) is 54.3 Å². The highest BCUT2D eigenvalue weighted by molar-refractivity contribution is 5.84. The summed E-state index contributed by atoms with van der Waals surface area (Å²) >= 11 is 0. The molecule has 0 aromatic heterocycles. The van der Waals surface area contributed by atoms with Crippen molar-refractivity contribution >= 4 is 16.9 Å². The number of phenols is 1. The Morgan fingerprint density at radius 1 is 0.867 bits per heavy atom. The number of nitrogens with zero attached hydrogens (tertiary/aromatic N) is 1. The number of carbonyl (C=O) groups excluding carboxylic acids is 1. The zero-order chi connectivity index (χ0) is 31.6. The molecule has 4 aromatic rings. The van der Waals surface area contributed by atoms with Crippen molar-refractivity contribution in [3.05, 3.63) is 108 Å². The van der Waals surface area contributed by atoms with Gasteiger partial charge in [-0.2, -0.15) is 0 Å². The molecule has 5 rings (SSSR count). The second-order valence-electron chi connectivity index (χ2n) is 12.4. The molecule has 8 nitrogen and oxygen atoms in total. The van der Waals surface area contributed by atoms with Crippen LogP contribution >= 0.6 is 0 Å². The summed E-state index contributed by atoms with van der Waals surface area (Å²) in [6, 6.07) is 29.7. The van der Waals surface area contributed by atoms with E-state index in [1.165, 1.54) is 0 Å². The molecule has 4 aromatic carbocycles. The Morgan fingerprint density at radius 2 is 1.64 bits per heavy atom. The van der Waals surface area contributed by atoms with Crippen LogP contribution in [0.3, 0.4) is 0 Å². The second kappa shape index (κ2) is 15.3. The van der Waals surface area contributed by atoms with Gasteiger partial charge in [-0.25, -0.2) is 4.79 Å². The number of hydrogen-bond donors (Lipinski definition) is 1. The highest BCUT2D eigenvalue weighted by atomic mass is 16.8. The van der Waals surface area contributed by atoms with Crippen molar-refractivity contribution in [3.63, 3.8) is 0 Å². The van der Waals surface area contributed by atoms with Crippen molar-refractivity contribution in [2.24, 2.45) is 0 Å². The summed E-state index contributed by atoms with van der Waals surface area (Å²) < 4.78 is 23.6. The normalized spacial score (nSPS) is 17.2. The van der Waals surface area contributed by atoms with Crippen LogP contribution in [0.5, 0.6) is 11.5 Å². The number of rotatable bonds is 12. The summed E-state index contributed by atoms with van der Waals surface area (Å²) in [5.41, 5.74) is 2.65. The van der Waals surface area contributed by atoms with Crippen molar-refractivity contribution < 1.29 is 33.7 Å². The van der Waals surface area contributed by atoms with Gasteiger partial charge >= 0.3 is 6.16 Å². The maximum atomic E-state index is 12.4. The zero-order valence-corrected chi connectivity index (χ0v) is 26.3. The number of phenolic OH excluding ortho intramolecular Hbond substituents is 1. The van der Waals surface area contributed by atoms with Crippen LogP contribution in [0.15, 0.2) is 91.0 Å². The van der Waals surface area contributed by atoms with Gasteiger partial charge in [-0.3, -0.25) is 0 Å². The molecule has 1 N–H and O–H groups in total. The highest BCUT2D eigenvalue weighted by Crippen LogP contribution is 2.33. The van der Waals surface area contributed by atoms with Crippen LogP contribution in [-0.2, 0) is 32.3 Å². The molecule has 1 heterocycles. The molecule has 1 aliphatic heterocycles. The Hall–Kier alpha value is -4.11. The lowest BCUT2D eigenvalue weighted by Gasteiger charge is -2.37. The fourth-order valence-corrected chi connectivity index (χ4v) is 5.40. The van der Waals surface area contributed by atoms with Crippen molar-refractivity contribution in [3.8, 4) is 11.5 Å². The lowest BCUT2D eigenvalue weighted by Crippen LogP contribution is -2.45. The summed E-state index contributed by atoms with van der Waals surface area (Å²) in [4.78, 5) is 17.9. The summed E-state index contributed by atoms with van der Waals surface area (Å²) in [5.74, 6) is 1.13. The number of aromatic hydroxyl groups is 1. The standard InChI is InChI=1S/C37H43NO7/c1-37(2,3)44-36(40)45-38-19-18-34(35(24-38)43-26-28-10-11-29-12-15-32(39)23-31(29)22-28)30-13-16-33(17-14-30)42-21-7-20-41-25-27-8-5-4-6-9-27/h4-6,8-17,22-23,34-35,39H,7,18-21,24-26H2,1-3H3. The molecule has 0 radical (unpaired) electrons. The van der Waals surface area contributed by atoms with Gasteiger partial charge < -0.3 is 28.9 Å². The molecule has 1 fully saturated rings. The molecule has 0 bridgehead atoms. The maximum Gasteiger partial charge on any atom is 0.528 e. The Balaban J connectivity index is 1.18. The van der Waals surface area contributed by atoms with E-state index in [9.17, 15) is 9.90 Å². The largest absolute Gasteiger partial charge is 0.528 e. The zero-order valence-electron chi connectivity index (χ0n) is 26.3. The molecular formula is C37H43NO7. The average Bonchev–Trinajstić information content (AvgIpc) is 3.01. The SMILES string of the molecule is CC(C)(C)OC(=O)ON1CCC(c2ccc(OCCCOCc3ccccc3)cc2)C(OCc2ccc3ccc(O)cc3c2)C1. The molecule has 2 unspecified atom stereocenters. The van der Waals surface area contributed by atoms with Crippen LogP contribution in [0.2, 0.25) is 0 Å². The predicted octanol–water partition coefficient (Wildman–Crippen LogP) is 7.77. The van der Waals surface area contributed by atoms with Crippen molar-refractivity contribution in [1.29, 1.82) is 0 Å². The van der Waals surface area contributed by atoms with Crippen molar-refractivity contribution in [2.45, 2.75) is 64.4 Å². The molecule has 0 amide bonds. The fraction of sp³-hybridized carbons (Fsp3) is 0.378. The lowest BCUT2D eigenvalue weighted by atomic mass is 9.87. The van der Waals surface area contributed by atoms with Crippen molar-refractivity contribution in [2.75, 3.05) is 26.3 Å². The molecule has 238 valence electrons. The molecule has 2 atom stereocenters. The fourth-order valence-electron chi connectivity index (χ4n) is 5.40.